The quantitative estimate of drug-likeness (QED) is 0.744. The van der Waals surface area contributed by atoms with Crippen LogP contribution in [0.25, 0.3) is 11.0 Å². The molecule has 72 valence electrons. The first-order chi connectivity index (χ1) is 6.75. The fourth-order valence-corrected chi connectivity index (χ4v) is 1.94. The van der Waals surface area contributed by atoms with Crippen LogP contribution in [0.15, 0.2) is 18.2 Å². The summed E-state index contributed by atoms with van der Waals surface area (Å²) in [4.78, 5) is 4.36. The molecule has 0 bridgehead atoms. The highest BCUT2D eigenvalue weighted by atomic mass is 15.2. The second kappa shape index (κ2) is 2.50. The van der Waals surface area contributed by atoms with Crippen molar-refractivity contribution < 1.29 is 0 Å². The highest BCUT2D eigenvalue weighted by molar-refractivity contribution is 5.79. The van der Waals surface area contributed by atoms with Crippen molar-refractivity contribution in [3.05, 3.63) is 23.8 Å². The molecule has 1 saturated carbocycles. The van der Waals surface area contributed by atoms with Gasteiger partial charge in [0.15, 0.2) is 0 Å². The number of nitrogens with two attached hydrogens (primary N) is 1. The van der Waals surface area contributed by atoms with Crippen LogP contribution in [0.3, 0.4) is 0 Å². The lowest BCUT2D eigenvalue weighted by atomic mass is 10.2. The van der Waals surface area contributed by atoms with Gasteiger partial charge in [-0.25, -0.2) is 4.98 Å². The van der Waals surface area contributed by atoms with E-state index in [2.05, 4.69) is 28.6 Å². The Kier molecular flexibility index (Phi) is 1.40. The van der Waals surface area contributed by atoms with Gasteiger partial charge in [-0.05, 0) is 37.5 Å². The smallest absolute Gasteiger partial charge is 0.201 e. The zero-order chi connectivity index (χ0) is 9.71. The van der Waals surface area contributed by atoms with Gasteiger partial charge in [-0.15, -0.1) is 0 Å². The Morgan fingerprint density at radius 3 is 2.93 bits per heavy atom. The number of benzene rings is 1. The summed E-state index contributed by atoms with van der Waals surface area (Å²) in [5.74, 6) is 0.660. The summed E-state index contributed by atoms with van der Waals surface area (Å²) < 4.78 is 2.17. The summed E-state index contributed by atoms with van der Waals surface area (Å²) in [5, 5.41) is 0. The molecule has 3 rings (SSSR count). The summed E-state index contributed by atoms with van der Waals surface area (Å²) in [6.07, 6.45) is 2.48. The maximum Gasteiger partial charge on any atom is 0.201 e. The molecule has 1 aromatic carbocycles. The van der Waals surface area contributed by atoms with Crippen molar-refractivity contribution in [2.45, 2.75) is 25.8 Å². The third kappa shape index (κ3) is 1.02. The van der Waals surface area contributed by atoms with Crippen LogP contribution in [0.1, 0.15) is 24.4 Å². The Hall–Kier alpha value is -1.51. The Morgan fingerprint density at radius 1 is 1.43 bits per heavy atom. The van der Waals surface area contributed by atoms with E-state index in [0.29, 0.717) is 12.0 Å². The molecule has 0 saturated heterocycles. The highest BCUT2D eigenvalue weighted by Gasteiger charge is 2.27. The van der Waals surface area contributed by atoms with Gasteiger partial charge < -0.3 is 10.3 Å². The van der Waals surface area contributed by atoms with Gasteiger partial charge in [-0.2, -0.15) is 0 Å². The fourth-order valence-electron chi connectivity index (χ4n) is 1.94. The van der Waals surface area contributed by atoms with Crippen molar-refractivity contribution in [2.75, 3.05) is 5.73 Å². The summed E-state index contributed by atoms with van der Waals surface area (Å²) in [6, 6.07) is 6.88. The lowest BCUT2D eigenvalue weighted by Gasteiger charge is -2.03. The molecule has 3 nitrogen and oxygen atoms in total. The van der Waals surface area contributed by atoms with Crippen molar-refractivity contribution in [1.82, 2.24) is 9.55 Å². The Bertz CT molecular complexity index is 494. The molecular weight excluding hydrogens is 174 g/mol. The first-order valence-electron chi connectivity index (χ1n) is 5.00. The first-order valence-corrected chi connectivity index (χ1v) is 5.00. The molecule has 1 aliphatic rings. The number of hydrogen-bond donors (Lipinski definition) is 1. The Labute approximate surface area is 82.5 Å². The van der Waals surface area contributed by atoms with Crippen LogP contribution in [0, 0.1) is 6.92 Å². The topological polar surface area (TPSA) is 43.8 Å². The van der Waals surface area contributed by atoms with Crippen LogP contribution in [-0.4, -0.2) is 9.55 Å². The fraction of sp³-hybridized carbons (Fsp3) is 0.364. The molecule has 2 N–H and O–H groups in total. The Balaban J connectivity index is 2.34. The molecule has 0 atom stereocenters. The molecule has 0 aliphatic heterocycles. The molecule has 1 aliphatic carbocycles. The summed E-state index contributed by atoms with van der Waals surface area (Å²) in [6.45, 7) is 2.10. The van der Waals surface area contributed by atoms with Gasteiger partial charge in [0.05, 0.1) is 11.0 Å². The van der Waals surface area contributed by atoms with Gasteiger partial charge in [0.1, 0.15) is 0 Å². The van der Waals surface area contributed by atoms with Crippen molar-refractivity contribution >= 4 is 17.0 Å². The highest BCUT2D eigenvalue weighted by Crippen LogP contribution is 2.39. The van der Waals surface area contributed by atoms with E-state index in [1.807, 2.05) is 6.07 Å². The van der Waals surface area contributed by atoms with Gasteiger partial charge in [0.25, 0.3) is 0 Å². The standard InChI is InChI=1S/C11H13N3/c1-7-2-5-9-10(6-7)14(8-3-4-8)11(12)13-9/h2,5-6,8H,3-4H2,1H3,(H2,12,13). The number of nitrogen functional groups attached to an aromatic ring is 1. The minimum absolute atomic E-state index is 0.599. The molecule has 0 unspecified atom stereocenters. The number of aryl methyl sites for hydroxylation is 1. The van der Waals surface area contributed by atoms with Crippen molar-refractivity contribution in [3.63, 3.8) is 0 Å². The Morgan fingerprint density at radius 2 is 2.21 bits per heavy atom. The number of fused-ring (bicyclic) bond motifs is 1. The number of rotatable bonds is 1. The second-order valence-corrected chi connectivity index (χ2v) is 4.06. The average molecular weight is 187 g/mol. The normalized spacial score (nSPS) is 16.4. The molecular formula is C11H13N3. The third-order valence-corrected chi connectivity index (χ3v) is 2.78. The largest absolute Gasteiger partial charge is 0.369 e. The maximum absolute atomic E-state index is 5.90. The van der Waals surface area contributed by atoms with E-state index in [-0.39, 0.29) is 0 Å². The second-order valence-electron chi connectivity index (χ2n) is 4.06. The predicted molar refractivity (Wildman–Crippen MR) is 57.2 cm³/mol. The van der Waals surface area contributed by atoms with E-state index in [4.69, 9.17) is 5.73 Å². The molecule has 14 heavy (non-hydrogen) atoms. The van der Waals surface area contributed by atoms with Crippen LogP contribution in [0.4, 0.5) is 5.95 Å². The van der Waals surface area contributed by atoms with Gasteiger partial charge in [-0.1, -0.05) is 6.07 Å². The van der Waals surface area contributed by atoms with E-state index in [9.17, 15) is 0 Å². The summed E-state index contributed by atoms with van der Waals surface area (Å²) in [7, 11) is 0. The van der Waals surface area contributed by atoms with E-state index in [0.717, 1.165) is 5.52 Å². The van der Waals surface area contributed by atoms with Crippen LogP contribution in [-0.2, 0) is 0 Å². The summed E-state index contributed by atoms with van der Waals surface area (Å²) in [5.41, 5.74) is 9.36. The van der Waals surface area contributed by atoms with Crippen LogP contribution in [0.2, 0.25) is 0 Å². The molecule has 0 amide bonds. The molecule has 1 heterocycles. The number of nitrogens with zero attached hydrogens (tertiary/aromatic N) is 2. The SMILES string of the molecule is Cc1ccc2nc(N)n(C3CC3)c2c1. The van der Waals surface area contributed by atoms with Gasteiger partial charge >= 0.3 is 0 Å². The third-order valence-electron chi connectivity index (χ3n) is 2.78. The van der Waals surface area contributed by atoms with Crippen molar-refractivity contribution in [3.8, 4) is 0 Å². The maximum atomic E-state index is 5.90. The van der Waals surface area contributed by atoms with Crippen molar-refractivity contribution in [1.29, 1.82) is 0 Å². The van der Waals surface area contributed by atoms with E-state index in [1.54, 1.807) is 0 Å². The number of hydrogen-bond acceptors (Lipinski definition) is 2. The molecule has 0 spiro atoms. The van der Waals surface area contributed by atoms with Crippen molar-refractivity contribution in [2.24, 2.45) is 0 Å². The van der Waals surface area contributed by atoms with E-state index < -0.39 is 0 Å². The number of imidazole rings is 1. The molecule has 1 aromatic heterocycles. The molecule has 0 radical (unpaired) electrons. The predicted octanol–water partition coefficient (Wildman–Crippen LogP) is 2.26. The number of anilines is 1. The van der Waals surface area contributed by atoms with E-state index >= 15 is 0 Å². The summed E-state index contributed by atoms with van der Waals surface area (Å²) >= 11 is 0. The lowest BCUT2D eigenvalue weighted by molar-refractivity contribution is 0.779. The molecule has 3 heteroatoms. The van der Waals surface area contributed by atoms with Crippen LogP contribution >= 0.6 is 0 Å². The van der Waals surface area contributed by atoms with Gasteiger partial charge in [-0.3, -0.25) is 0 Å². The van der Waals surface area contributed by atoms with Crippen LogP contribution in [0.5, 0.6) is 0 Å². The van der Waals surface area contributed by atoms with Crippen LogP contribution < -0.4 is 5.73 Å². The molecule has 2 aromatic rings. The minimum Gasteiger partial charge on any atom is -0.369 e. The minimum atomic E-state index is 0.599. The van der Waals surface area contributed by atoms with Gasteiger partial charge in [0.2, 0.25) is 5.95 Å². The van der Waals surface area contributed by atoms with Gasteiger partial charge in [0, 0.05) is 6.04 Å². The first kappa shape index (κ1) is 7.85. The zero-order valence-electron chi connectivity index (χ0n) is 8.20. The monoisotopic (exact) mass is 187 g/mol. The van der Waals surface area contributed by atoms with E-state index in [1.165, 1.54) is 23.9 Å². The zero-order valence-corrected chi connectivity index (χ0v) is 8.20. The number of aromatic nitrogens is 2. The molecule has 1 fully saturated rings. The average Bonchev–Trinajstić information content (AvgIpc) is 2.90. The lowest BCUT2D eigenvalue weighted by Crippen LogP contribution is -2.00.